The molecule has 5 nitrogen and oxygen atoms in total. The molecule has 2 aromatic heterocycles. The van der Waals surface area contributed by atoms with Crippen LogP contribution in [0, 0.1) is 6.92 Å². The molecule has 0 saturated carbocycles. The largest absolute Gasteiger partial charge is 0.493 e. The van der Waals surface area contributed by atoms with Gasteiger partial charge in [0.2, 0.25) is 5.89 Å². The number of aryl methyl sites for hydroxylation is 1. The second-order valence-electron chi connectivity index (χ2n) is 3.73. The molecular weight excluding hydrogens is 218 g/mol. The number of nitrogens with zero attached hydrogens (tertiary/aromatic N) is 2. The van der Waals surface area contributed by atoms with Gasteiger partial charge in [0.15, 0.2) is 11.6 Å². The number of pyridine rings is 1. The van der Waals surface area contributed by atoms with E-state index in [-0.39, 0.29) is 6.04 Å². The van der Waals surface area contributed by atoms with E-state index < -0.39 is 0 Å². The number of nitrogens with one attached hydrogen (secondary N) is 1. The molecule has 0 bridgehead atoms. The van der Waals surface area contributed by atoms with E-state index in [1.807, 2.05) is 26.0 Å². The fourth-order valence-electron chi connectivity index (χ4n) is 1.50. The number of hydrogen-bond acceptors (Lipinski definition) is 5. The van der Waals surface area contributed by atoms with Crippen molar-refractivity contribution in [3.05, 3.63) is 36.2 Å². The lowest BCUT2D eigenvalue weighted by Crippen LogP contribution is -2.09. The number of hydrogen-bond donors (Lipinski definition) is 1. The van der Waals surface area contributed by atoms with Gasteiger partial charge in [-0.15, -0.1) is 0 Å². The summed E-state index contributed by atoms with van der Waals surface area (Å²) in [6.07, 6.45) is 3.40. The van der Waals surface area contributed by atoms with Gasteiger partial charge in [0, 0.05) is 6.20 Å². The molecule has 2 rings (SSSR count). The van der Waals surface area contributed by atoms with E-state index in [0.29, 0.717) is 17.5 Å². The predicted molar refractivity (Wildman–Crippen MR) is 64.1 cm³/mol. The third-order valence-corrected chi connectivity index (χ3v) is 2.35. The zero-order valence-electron chi connectivity index (χ0n) is 10.1. The highest BCUT2D eigenvalue weighted by Gasteiger charge is 2.13. The first-order valence-electron chi connectivity index (χ1n) is 5.38. The minimum absolute atomic E-state index is 0.0625. The number of rotatable bonds is 4. The Morgan fingerprint density at radius 3 is 2.88 bits per heavy atom. The first-order valence-corrected chi connectivity index (χ1v) is 5.38. The summed E-state index contributed by atoms with van der Waals surface area (Å²) in [6, 6.07) is 3.61. The fraction of sp³-hybridized carbons (Fsp3) is 0.333. The molecule has 2 heterocycles. The van der Waals surface area contributed by atoms with Crippen molar-refractivity contribution in [2.75, 3.05) is 12.4 Å². The maximum Gasteiger partial charge on any atom is 0.216 e. The van der Waals surface area contributed by atoms with E-state index in [9.17, 15) is 0 Å². The highest BCUT2D eigenvalue weighted by Crippen LogP contribution is 2.25. The van der Waals surface area contributed by atoms with E-state index in [4.69, 9.17) is 9.15 Å². The topological polar surface area (TPSA) is 60.2 Å². The SMILES string of the molecule is COc1cccnc1NC(C)c1ncc(C)o1. The standard InChI is InChI=1S/C12H15N3O2/c1-8-7-14-12(17-8)9(2)15-11-10(16-3)5-4-6-13-11/h4-7,9H,1-3H3,(H,13,15). The second kappa shape index (κ2) is 4.86. The number of anilines is 1. The molecule has 0 aliphatic heterocycles. The quantitative estimate of drug-likeness (QED) is 0.879. The Labute approximate surface area is 99.8 Å². The second-order valence-corrected chi connectivity index (χ2v) is 3.73. The Hall–Kier alpha value is -2.04. The zero-order valence-corrected chi connectivity index (χ0v) is 10.1. The van der Waals surface area contributed by atoms with Gasteiger partial charge in [-0.25, -0.2) is 9.97 Å². The summed E-state index contributed by atoms with van der Waals surface area (Å²) in [4.78, 5) is 8.39. The summed E-state index contributed by atoms with van der Waals surface area (Å²) in [5.41, 5.74) is 0. The van der Waals surface area contributed by atoms with Crippen molar-refractivity contribution in [1.29, 1.82) is 0 Å². The van der Waals surface area contributed by atoms with Crippen molar-refractivity contribution in [2.45, 2.75) is 19.9 Å². The molecule has 0 aliphatic carbocycles. The smallest absolute Gasteiger partial charge is 0.216 e. The number of aromatic nitrogens is 2. The highest BCUT2D eigenvalue weighted by molar-refractivity contribution is 5.50. The molecule has 0 spiro atoms. The van der Waals surface area contributed by atoms with E-state index in [2.05, 4.69) is 15.3 Å². The van der Waals surface area contributed by atoms with E-state index in [1.165, 1.54) is 0 Å². The summed E-state index contributed by atoms with van der Waals surface area (Å²) < 4.78 is 10.7. The highest BCUT2D eigenvalue weighted by atomic mass is 16.5. The van der Waals surface area contributed by atoms with E-state index in [0.717, 1.165) is 5.76 Å². The van der Waals surface area contributed by atoms with Crippen LogP contribution in [0.1, 0.15) is 24.6 Å². The molecule has 1 unspecified atom stereocenters. The minimum Gasteiger partial charge on any atom is -0.493 e. The number of ether oxygens (including phenoxy) is 1. The summed E-state index contributed by atoms with van der Waals surface area (Å²) in [5, 5.41) is 3.20. The molecule has 0 aromatic carbocycles. The van der Waals surface area contributed by atoms with Crippen LogP contribution in [0.25, 0.3) is 0 Å². The molecule has 17 heavy (non-hydrogen) atoms. The first kappa shape index (κ1) is 11.4. The third kappa shape index (κ3) is 2.55. The van der Waals surface area contributed by atoms with Crippen molar-refractivity contribution < 1.29 is 9.15 Å². The van der Waals surface area contributed by atoms with Crippen LogP contribution >= 0.6 is 0 Å². The predicted octanol–water partition coefficient (Wildman–Crippen LogP) is 2.56. The summed E-state index contributed by atoms with van der Waals surface area (Å²) >= 11 is 0. The van der Waals surface area contributed by atoms with Crippen molar-refractivity contribution >= 4 is 5.82 Å². The molecule has 1 atom stereocenters. The average Bonchev–Trinajstić information content (AvgIpc) is 2.77. The fourth-order valence-corrected chi connectivity index (χ4v) is 1.50. The molecule has 1 N–H and O–H groups in total. The molecule has 2 aromatic rings. The molecular formula is C12H15N3O2. The molecule has 0 fully saturated rings. The van der Waals surface area contributed by atoms with Crippen LogP contribution in [0.15, 0.2) is 28.9 Å². The Kier molecular flexibility index (Phi) is 3.27. The first-order chi connectivity index (χ1) is 8.20. The third-order valence-electron chi connectivity index (χ3n) is 2.35. The lowest BCUT2D eigenvalue weighted by molar-refractivity contribution is 0.412. The molecule has 90 valence electrons. The average molecular weight is 233 g/mol. The van der Waals surface area contributed by atoms with Gasteiger partial charge in [0.25, 0.3) is 0 Å². The van der Waals surface area contributed by atoms with Crippen LogP contribution in [0.5, 0.6) is 5.75 Å². The van der Waals surface area contributed by atoms with E-state index in [1.54, 1.807) is 19.5 Å². The molecule has 0 saturated heterocycles. The Bertz CT molecular complexity index is 496. The summed E-state index contributed by atoms with van der Waals surface area (Å²) in [6.45, 7) is 3.82. The normalized spacial score (nSPS) is 12.2. The number of oxazole rings is 1. The lowest BCUT2D eigenvalue weighted by Gasteiger charge is -2.13. The van der Waals surface area contributed by atoms with Crippen LogP contribution in [0.2, 0.25) is 0 Å². The van der Waals surface area contributed by atoms with Crippen LogP contribution in [-0.4, -0.2) is 17.1 Å². The Morgan fingerprint density at radius 2 is 2.24 bits per heavy atom. The Balaban J connectivity index is 2.15. The van der Waals surface area contributed by atoms with Gasteiger partial charge in [-0.3, -0.25) is 0 Å². The molecule has 0 radical (unpaired) electrons. The van der Waals surface area contributed by atoms with Gasteiger partial charge >= 0.3 is 0 Å². The Morgan fingerprint density at radius 1 is 1.41 bits per heavy atom. The van der Waals surface area contributed by atoms with Crippen molar-refractivity contribution in [3.8, 4) is 5.75 Å². The van der Waals surface area contributed by atoms with Crippen molar-refractivity contribution in [2.24, 2.45) is 0 Å². The molecule has 0 amide bonds. The van der Waals surface area contributed by atoms with Crippen LogP contribution in [0.3, 0.4) is 0 Å². The summed E-state index contributed by atoms with van der Waals surface area (Å²) in [7, 11) is 1.61. The van der Waals surface area contributed by atoms with Gasteiger partial charge in [-0.1, -0.05) is 0 Å². The summed E-state index contributed by atoms with van der Waals surface area (Å²) in [5.74, 6) is 2.80. The van der Waals surface area contributed by atoms with Gasteiger partial charge in [-0.2, -0.15) is 0 Å². The maximum atomic E-state index is 5.45. The minimum atomic E-state index is -0.0625. The van der Waals surface area contributed by atoms with Gasteiger partial charge < -0.3 is 14.5 Å². The van der Waals surface area contributed by atoms with Crippen molar-refractivity contribution in [1.82, 2.24) is 9.97 Å². The maximum absolute atomic E-state index is 5.45. The molecule has 5 heteroatoms. The van der Waals surface area contributed by atoms with Crippen molar-refractivity contribution in [3.63, 3.8) is 0 Å². The van der Waals surface area contributed by atoms with Gasteiger partial charge in [0.05, 0.1) is 13.3 Å². The van der Waals surface area contributed by atoms with Gasteiger partial charge in [0.1, 0.15) is 11.8 Å². The van der Waals surface area contributed by atoms with Crippen LogP contribution in [0.4, 0.5) is 5.82 Å². The van der Waals surface area contributed by atoms with Crippen LogP contribution in [-0.2, 0) is 0 Å². The molecule has 0 aliphatic rings. The van der Waals surface area contributed by atoms with E-state index >= 15 is 0 Å². The number of methoxy groups -OCH3 is 1. The zero-order chi connectivity index (χ0) is 12.3. The van der Waals surface area contributed by atoms with Gasteiger partial charge in [-0.05, 0) is 26.0 Å². The van der Waals surface area contributed by atoms with Crippen LogP contribution < -0.4 is 10.1 Å². The monoisotopic (exact) mass is 233 g/mol. The lowest BCUT2D eigenvalue weighted by atomic mass is 10.3.